The van der Waals surface area contributed by atoms with Gasteiger partial charge in [0, 0.05) is 12.8 Å². The molecule has 0 aliphatic carbocycles. The molecule has 1 unspecified atom stereocenters. The van der Waals surface area contributed by atoms with E-state index in [-0.39, 0.29) is 31.6 Å². The van der Waals surface area contributed by atoms with Crippen molar-refractivity contribution in [1.29, 1.82) is 0 Å². The number of ether oxygens (including phenoxy) is 3. The van der Waals surface area contributed by atoms with Gasteiger partial charge in [-0.1, -0.05) is 237 Å². The number of carbonyl (C=O) groups is 3. The van der Waals surface area contributed by atoms with Gasteiger partial charge in [-0.15, -0.1) is 0 Å². The van der Waals surface area contributed by atoms with Crippen LogP contribution in [0.25, 0.3) is 0 Å². The summed E-state index contributed by atoms with van der Waals surface area (Å²) in [4.78, 5) is 38.0. The minimum atomic E-state index is -0.847. The van der Waals surface area contributed by atoms with E-state index < -0.39 is 12.1 Å². The third-order valence-corrected chi connectivity index (χ3v) is 11.3. The van der Waals surface area contributed by atoms with Crippen molar-refractivity contribution in [2.24, 2.45) is 0 Å². The second-order valence-electron chi connectivity index (χ2n) is 18.1. The Morgan fingerprint density at radius 1 is 0.306 bits per heavy atom. The summed E-state index contributed by atoms with van der Waals surface area (Å²) < 4.78 is 16.7. The van der Waals surface area contributed by atoms with Gasteiger partial charge in [-0.3, -0.25) is 14.4 Å². The third-order valence-electron chi connectivity index (χ3n) is 11.3. The highest BCUT2D eigenvalue weighted by Gasteiger charge is 2.19. The zero-order chi connectivity index (χ0) is 52.2. The molecule has 0 heterocycles. The third kappa shape index (κ3) is 56.0. The molecule has 0 aromatic rings. The lowest BCUT2D eigenvalue weighted by atomic mass is 10.1. The first-order valence-corrected chi connectivity index (χ1v) is 28.5. The Morgan fingerprint density at radius 3 is 0.931 bits per heavy atom. The maximum atomic E-state index is 12.8. The van der Waals surface area contributed by atoms with Crippen molar-refractivity contribution < 1.29 is 28.6 Å². The summed E-state index contributed by atoms with van der Waals surface area (Å²) in [6, 6.07) is 0. The first kappa shape index (κ1) is 67.0. The number of allylic oxidation sites excluding steroid dienone is 25. The predicted molar refractivity (Wildman–Crippen MR) is 311 cm³/mol. The van der Waals surface area contributed by atoms with Crippen LogP contribution in [-0.2, 0) is 28.6 Å². The minimum Gasteiger partial charge on any atom is -0.462 e. The van der Waals surface area contributed by atoms with Crippen molar-refractivity contribution in [2.75, 3.05) is 13.2 Å². The van der Waals surface area contributed by atoms with Gasteiger partial charge in [-0.05, 0) is 122 Å². The molecule has 0 aliphatic rings. The van der Waals surface area contributed by atoms with Crippen molar-refractivity contribution >= 4 is 17.9 Å². The Bertz CT molecular complexity index is 1660. The van der Waals surface area contributed by atoms with Crippen LogP contribution in [-0.4, -0.2) is 37.2 Å². The molecule has 402 valence electrons. The number of rotatable bonds is 49. The topological polar surface area (TPSA) is 78.9 Å². The first-order valence-electron chi connectivity index (χ1n) is 28.5. The second-order valence-corrected chi connectivity index (χ2v) is 18.1. The van der Waals surface area contributed by atoms with Crippen molar-refractivity contribution in [1.82, 2.24) is 0 Å². The van der Waals surface area contributed by atoms with E-state index in [1.165, 1.54) is 32.1 Å². The molecule has 6 nitrogen and oxygen atoms in total. The highest BCUT2D eigenvalue weighted by molar-refractivity contribution is 5.72. The smallest absolute Gasteiger partial charge is 0.310 e. The van der Waals surface area contributed by atoms with E-state index in [0.29, 0.717) is 19.3 Å². The van der Waals surface area contributed by atoms with Crippen molar-refractivity contribution in [2.45, 2.75) is 226 Å². The average molecular weight is 992 g/mol. The summed E-state index contributed by atoms with van der Waals surface area (Å²) in [7, 11) is 0. The lowest BCUT2D eigenvalue weighted by molar-refractivity contribution is -0.166. The van der Waals surface area contributed by atoms with Crippen LogP contribution in [0.2, 0.25) is 0 Å². The van der Waals surface area contributed by atoms with E-state index in [1.54, 1.807) is 6.08 Å². The second kappa shape index (κ2) is 58.6. The van der Waals surface area contributed by atoms with Crippen molar-refractivity contribution in [3.8, 4) is 0 Å². The Morgan fingerprint density at radius 2 is 0.583 bits per heavy atom. The maximum absolute atomic E-state index is 12.8. The number of esters is 3. The van der Waals surface area contributed by atoms with Crippen LogP contribution in [0, 0.1) is 0 Å². The fraction of sp³-hybridized carbons (Fsp3) is 0.561. The summed E-state index contributed by atoms with van der Waals surface area (Å²) in [5.41, 5.74) is 0. The van der Waals surface area contributed by atoms with Gasteiger partial charge in [-0.2, -0.15) is 0 Å². The Balaban J connectivity index is 4.38. The van der Waals surface area contributed by atoms with Crippen LogP contribution in [0.3, 0.4) is 0 Å². The molecule has 0 aliphatic heterocycles. The summed E-state index contributed by atoms with van der Waals surface area (Å²) in [5.74, 6) is -1.09. The van der Waals surface area contributed by atoms with Gasteiger partial charge in [-0.25, -0.2) is 0 Å². The Kier molecular flexibility index (Phi) is 54.6. The van der Waals surface area contributed by atoms with E-state index in [4.69, 9.17) is 14.2 Å². The quantitative estimate of drug-likeness (QED) is 0.0262. The molecular weight excluding hydrogens is 889 g/mol. The molecular formula is C66H102O6. The normalized spacial score (nSPS) is 13.3. The Hall–Kier alpha value is -4.97. The fourth-order valence-corrected chi connectivity index (χ4v) is 7.09. The molecule has 0 N–H and O–H groups in total. The maximum Gasteiger partial charge on any atom is 0.310 e. The molecule has 0 fully saturated rings. The van der Waals surface area contributed by atoms with Crippen LogP contribution >= 0.6 is 0 Å². The lowest BCUT2D eigenvalue weighted by Gasteiger charge is -2.18. The van der Waals surface area contributed by atoms with Crippen LogP contribution < -0.4 is 0 Å². The SMILES string of the molecule is CC/C=C\C/C=C\C/C=C\C/C=C\C/C=C\C/C=C\C/C=C\CCCCCCCCCC(=O)OCC(COC(=O)CCCCCCC/C=C\CCC)OC(=O)C/C=C\C/C=C\C/C=C\C/C=C\C/C=C\CC. The number of unbranched alkanes of at least 4 members (excludes halogenated alkanes) is 13. The molecule has 0 saturated heterocycles. The predicted octanol–water partition coefficient (Wildman–Crippen LogP) is 19.4. The molecule has 0 aromatic carbocycles. The van der Waals surface area contributed by atoms with E-state index in [2.05, 4.69) is 167 Å². The summed E-state index contributed by atoms with van der Waals surface area (Å²) >= 11 is 0. The minimum absolute atomic E-state index is 0.0854. The molecule has 6 heteroatoms. The zero-order valence-corrected chi connectivity index (χ0v) is 45.9. The van der Waals surface area contributed by atoms with Gasteiger partial charge >= 0.3 is 17.9 Å². The molecule has 0 bridgehead atoms. The monoisotopic (exact) mass is 991 g/mol. The summed E-state index contributed by atoms with van der Waals surface area (Å²) in [6.07, 6.45) is 85.6. The highest BCUT2D eigenvalue weighted by atomic mass is 16.6. The molecule has 72 heavy (non-hydrogen) atoms. The van der Waals surface area contributed by atoms with E-state index >= 15 is 0 Å². The van der Waals surface area contributed by atoms with Crippen LogP contribution in [0.4, 0.5) is 0 Å². The molecule has 0 radical (unpaired) electrons. The van der Waals surface area contributed by atoms with E-state index in [9.17, 15) is 14.4 Å². The highest BCUT2D eigenvalue weighted by Crippen LogP contribution is 2.13. The number of carbonyl (C=O) groups excluding carboxylic acids is 3. The Labute approximate surface area is 441 Å². The fourth-order valence-electron chi connectivity index (χ4n) is 7.09. The van der Waals surface area contributed by atoms with Crippen molar-refractivity contribution in [3.63, 3.8) is 0 Å². The van der Waals surface area contributed by atoms with Gasteiger partial charge in [0.2, 0.25) is 0 Å². The van der Waals surface area contributed by atoms with Crippen molar-refractivity contribution in [3.05, 3.63) is 158 Å². The van der Waals surface area contributed by atoms with E-state index in [0.717, 1.165) is 141 Å². The van der Waals surface area contributed by atoms with Gasteiger partial charge in [0.1, 0.15) is 13.2 Å². The molecule has 0 amide bonds. The standard InChI is InChI=1S/C66H102O6/c1-4-7-10-13-16-19-22-24-26-27-28-29-30-31-32-33-34-35-36-37-38-39-41-42-44-47-50-53-56-59-65(68)71-62-63(61-70-64(67)58-55-52-49-46-21-18-15-12-9-6-3)72-66(69)60-57-54-51-48-45-43-40-25-23-20-17-14-11-8-5-2/h7-8,10-12,15-17,19-20,24-26,28-29,31-32,34-35,37-38,40,45,48,54,57,63H,4-6,9,13-14,18,21-23,27,30,33,36,39,41-44,46-47,49-53,55-56,58-62H2,1-3H3/b10-7-,11-8-,15-12-,19-16-,20-17-,26-24-,29-28-,32-31-,35-34-,38-37-,40-25-,48-45-,57-54-. The van der Waals surface area contributed by atoms with Gasteiger partial charge in [0.05, 0.1) is 6.42 Å². The molecule has 1 atom stereocenters. The summed E-state index contributed by atoms with van der Waals surface area (Å²) in [5, 5.41) is 0. The molecule has 0 rings (SSSR count). The largest absolute Gasteiger partial charge is 0.462 e. The van der Waals surface area contributed by atoms with Crippen LogP contribution in [0.15, 0.2) is 158 Å². The van der Waals surface area contributed by atoms with Crippen LogP contribution in [0.1, 0.15) is 220 Å². The lowest BCUT2D eigenvalue weighted by Crippen LogP contribution is -2.30. The summed E-state index contributed by atoms with van der Waals surface area (Å²) in [6.45, 7) is 6.22. The van der Waals surface area contributed by atoms with E-state index in [1.807, 2.05) is 6.08 Å². The molecule has 0 aromatic heterocycles. The molecule has 0 saturated carbocycles. The number of hydrogen-bond donors (Lipinski definition) is 0. The molecule has 0 spiro atoms. The van der Waals surface area contributed by atoms with Gasteiger partial charge < -0.3 is 14.2 Å². The zero-order valence-electron chi connectivity index (χ0n) is 45.9. The van der Waals surface area contributed by atoms with Gasteiger partial charge in [0.25, 0.3) is 0 Å². The van der Waals surface area contributed by atoms with Crippen LogP contribution in [0.5, 0.6) is 0 Å². The van der Waals surface area contributed by atoms with Gasteiger partial charge in [0.15, 0.2) is 6.10 Å². The first-order chi connectivity index (χ1) is 35.5. The average Bonchev–Trinajstić information content (AvgIpc) is 3.38. The number of hydrogen-bond acceptors (Lipinski definition) is 6.